The van der Waals surface area contributed by atoms with Crippen LogP contribution in [0.15, 0.2) is 24.3 Å². The van der Waals surface area contributed by atoms with Gasteiger partial charge in [0.05, 0.1) is 24.4 Å². The number of carbonyl (C=O) groups is 1. The molecule has 0 N–H and O–H groups in total. The summed E-state index contributed by atoms with van der Waals surface area (Å²) in [6, 6.07) is 7.03. The van der Waals surface area contributed by atoms with Crippen molar-refractivity contribution < 1.29 is 22.7 Å². The fraction of sp³-hybridized carbons (Fsp3) is 0.167. The molecule has 0 aliphatic heterocycles. The third-order valence-electron chi connectivity index (χ3n) is 2.56. The average molecular weight is 296 g/mol. The lowest BCUT2D eigenvalue weighted by Gasteiger charge is -2.10. The summed E-state index contributed by atoms with van der Waals surface area (Å²) >= 11 is 0. The number of nitrogens with zero attached hydrogens (tertiary/aromatic N) is 4. The van der Waals surface area contributed by atoms with Crippen LogP contribution in [-0.4, -0.2) is 28.1 Å². The van der Waals surface area contributed by atoms with E-state index in [-0.39, 0.29) is 11.3 Å². The molecule has 2 rings (SSSR count). The maximum Gasteiger partial charge on any atom is 0.436 e. The van der Waals surface area contributed by atoms with Gasteiger partial charge in [0.1, 0.15) is 0 Å². The first-order valence-corrected chi connectivity index (χ1v) is 5.50. The van der Waals surface area contributed by atoms with E-state index in [0.717, 1.165) is 7.11 Å². The molecular formula is C12H7F3N4O2. The van der Waals surface area contributed by atoms with Crippen LogP contribution in [0, 0.1) is 11.3 Å². The number of nitriles is 1. The van der Waals surface area contributed by atoms with Crippen LogP contribution in [0.3, 0.4) is 0 Å². The topological polar surface area (TPSA) is 80.8 Å². The van der Waals surface area contributed by atoms with Crippen LogP contribution in [0.5, 0.6) is 0 Å². The molecule has 1 heterocycles. The van der Waals surface area contributed by atoms with E-state index in [9.17, 15) is 18.0 Å². The Morgan fingerprint density at radius 2 is 1.95 bits per heavy atom. The minimum atomic E-state index is -4.85. The zero-order valence-corrected chi connectivity index (χ0v) is 10.5. The van der Waals surface area contributed by atoms with Crippen LogP contribution < -0.4 is 0 Å². The summed E-state index contributed by atoms with van der Waals surface area (Å²) in [5.41, 5.74) is -1.96. The molecule has 0 spiro atoms. The highest BCUT2D eigenvalue weighted by Crippen LogP contribution is 2.32. The Balaban J connectivity index is 2.61. The van der Waals surface area contributed by atoms with E-state index in [0.29, 0.717) is 4.68 Å². The van der Waals surface area contributed by atoms with Crippen LogP contribution in [0.25, 0.3) is 5.69 Å². The van der Waals surface area contributed by atoms with Gasteiger partial charge in [0.15, 0.2) is 5.69 Å². The maximum absolute atomic E-state index is 13.1. The first-order valence-electron chi connectivity index (χ1n) is 5.50. The van der Waals surface area contributed by atoms with Gasteiger partial charge in [-0.25, -0.2) is 9.48 Å². The fourth-order valence-corrected chi connectivity index (χ4v) is 1.63. The van der Waals surface area contributed by atoms with Gasteiger partial charge in [0.2, 0.25) is 5.69 Å². The summed E-state index contributed by atoms with van der Waals surface area (Å²) in [4.78, 5) is 11.3. The molecule has 0 bridgehead atoms. The van der Waals surface area contributed by atoms with E-state index in [4.69, 9.17) is 5.26 Å². The Morgan fingerprint density at radius 1 is 1.33 bits per heavy atom. The molecule has 0 amide bonds. The van der Waals surface area contributed by atoms with Crippen molar-refractivity contribution in [1.29, 1.82) is 5.26 Å². The molecule has 0 fully saturated rings. The van der Waals surface area contributed by atoms with Crippen molar-refractivity contribution >= 4 is 5.97 Å². The predicted molar refractivity (Wildman–Crippen MR) is 62.4 cm³/mol. The number of benzene rings is 1. The van der Waals surface area contributed by atoms with Gasteiger partial charge in [-0.15, -0.1) is 5.10 Å². The second-order valence-electron chi connectivity index (χ2n) is 3.85. The lowest BCUT2D eigenvalue weighted by Crippen LogP contribution is -2.18. The number of rotatable bonds is 2. The van der Waals surface area contributed by atoms with Gasteiger partial charge in [-0.3, -0.25) is 0 Å². The van der Waals surface area contributed by atoms with Crippen molar-refractivity contribution in [2.75, 3.05) is 7.11 Å². The second kappa shape index (κ2) is 5.24. The number of esters is 1. The van der Waals surface area contributed by atoms with E-state index in [1.54, 1.807) is 0 Å². The molecule has 0 atom stereocenters. The summed E-state index contributed by atoms with van der Waals surface area (Å²) in [6.45, 7) is 0. The molecule has 6 nitrogen and oxygen atoms in total. The number of hydrogen-bond donors (Lipinski definition) is 0. The Morgan fingerprint density at radius 3 is 2.43 bits per heavy atom. The van der Waals surface area contributed by atoms with Gasteiger partial charge in [-0.05, 0) is 24.3 Å². The lowest BCUT2D eigenvalue weighted by atomic mass is 10.2. The molecule has 2 aromatic rings. The molecule has 0 aliphatic rings. The lowest BCUT2D eigenvalue weighted by molar-refractivity contribution is -0.143. The summed E-state index contributed by atoms with van der Waals surface area (Å²) in [6.07, 6.45) is -4.85. The number of ether oxygens (including phenoxy) is 1. The molecule has 0 unspecified atom stereocenters. The molecule has 1 aromatic heterocycles. The van der Waals surface area contributed by atoms with Gasteiger partial charge >= 0.3 is 12.1 Å². The summed E-state index contributed by atoms with van der Waals surface area (Å²) < 4.78 is 44.1. The first kappa shape index (κ1) is 14.5. The van der Waals surface area contributed by atoms with E-state index in [1.807, 2.05) is 6.07 Å². The summed E-state index contributed by atoms with van der Waals surface area (Å²) in [5, 5.41) is 15.2. The molecule has 9 heteroatoms. The minimum Gasteiger partial charge on any atom is -0.464 e. The highest BCUT2D eigenvalue weighted by molar-refractivity contribution is 5.88. The average Bonchev–Trinajstić information content (AvgIpc) is 2.91. The summed E-state index contributed by atoms with van der Waals surface area (Å²) in [5.74, 6) is -1.23. The number of carbonyl (C=O) groups excluding carboxylic acids is 1. The minimum absolute atomic E-state index is 0.0176. The molecule has 0 aliphatic carbocycles. The fourth-order valence-electron chi connectivity index (χ4n) is 1.63. The maximum atomic E-state index is 13.1. The van der Waals surface area contributed by atoms with Gasteiger partial charge in [-0.1, -0.05) is 5.21 Å². The van der Waals surface area contributed by atoms with Crippen LogP contribution in [0.4, 0.5) is 13.2 Å². The molecule has 0 saturated carbocycles. The van der Waals surface area contributed by atoms with Crippen molar-refractivity contribution in [1.82, 2.24) is 15.0 Å². The SMILES string of the molecule is COC(=O)c1nnn(-c2ccc(C#N)cc2)c1C(F)(F)F. The van der Waals surface area contributed by atoms with Crippen molar-refractivity contribution in [2.24, 2.45) is 0 Å². The third kappa shape index (κ3) is 2.69. The van der Waals surface area contributed by atoms with Gasteiger partial charge in [0.25, 0.3) is 0 Å². The Bertz CT molecular complexity index is 714. The van der Waals surface area contributed by atoms with Crippen molar-refractivity contribution in [3.8, 4) is 11.8 Å². The summed E-state index contributed by atoms with van der Waals surface area (Å²) in [7, 11) is 0.948. The molecule has 0 radical (unpaired) electrons. The van der Waals surface area contributed by atoms with Crippen LogP contribution in [-0.2, 0) is 10.9 Å². The number of alkyl halides is 3. The van der Waals surface area contributed by atoms with E-state index < -0.39 is 23.5 Å². The van der Waals surface area contributed by atoms with Gasteiger partial charge in [-0.2, -0.15) is 18.4 Å². The normalized spacial score (nSPS) is 11.0. The highest BCUT2D eigenvalue weighted by Gasteiger charge is 2.42. The largest absolute Gasteiger partial charge is 0.464 e. The van der Waals surface area contributed by atoms with Crippen LogP contribution in [0.1, 0.15) is 21.7 Å². The molecule has 1 aromatic carbocycles. The second-order valence-corrected chi connectivity index (χ2v) is 3.85. The zero-order valence-electron chi connectivity index (χ0n) is 10.5. The smallest absolute Gasteiger partial charge is 0.436 e. The van der Waals surface area contributed by atoms with E-state index in [2.05, 4.69) is 15.0 Å². The molecule has 21 heavy (non-hydrogen) atoms. The number of methoxy groups -OCH3 is 1. The monoisotopic (exact) mass is 296 g/mol. The van der Waals surface area contributed by atoms with Crippen LogP contribution >= 0.6 is 0 Å². The van der Waals surface area contributed by atoms with E-state index >= 15 is 0 Å². The standard InChI is InChI=1S/C12H7F3N4O2/c1-21-11(20)9-10(12(13,14)15)19(18-17-9)8-4-2-7(6-16)3-5-8/h2-5H,1H3. The van der Waals surface area contributed by atoms with Crippen molar-refractivity contribution in [3.63, 3.8) is 0 Å². The zero-order chi connectivity index (χ0) is 15.6. The Labute approximate surface area is 116 Å². The van der Waals surface area contributed by atoms with E-state index in [1.165, 1.54) is 24.3 Å². The van der Waals surface area contributed by atoms with Crippen molar-refractivity contribution in [3.05, 3.63) is 41.2 Å². The molecule has 0 saturated heterocycles. The first-order chi connectivity index (χ1) is 9.88. The Hall–Kier alpha value is -2.89. The number of hydrogen-bond acceptors (Lipinski definition) is 5. The number of halogens is 3. The number of aromatic nitrogens is 3. The molecule has 108 valence electrons. The Kier molecular flexibility index (Phi) is 3.62. The van der Waals surface area contributed by atoms with Crippen LogP contribution in [0.2, 0.25) is 0 Å². The van der Waals surface area contributed by atoms with Crippen molar-refractivity contribution in [2.45, 2.75) is 6.18 Å². The predicted octanol–water partition coefficient (Wildman–Crippen LogP) is 1.94. The molecular weight excluding hydrogens is 289 g/mol. The quantitative estimate of drug-likeness (QED) is 0.791. The van der Waals surface area contributed by atoms with Gasteiger partial charge < -0.3 is 4.74 Å². The van der Waals surface area contributed by atoms with Gasteiger partial charge in [0, 0.05) is 0 Å². The highest BCUT2D eigenvalue weighted by atomic mass is 19.4. The third-order valence-corrected chi connectivity index (χ3v) is 2.56.